The summed E-state index contributed by atoms with van der Waals surface area (Å²) in [5.74, 6) is -0.355. The van der Waals surface area contributed by atoms with Crippen LogP contribution in [-0.4, -0.2) is 16.2 Å². The van der Waals surface area contributed by atoms with Gasteiger partial charge in [-0.1, -0.05) is 47.1 Å². The molecule has 1 aromatic heterocycles. The summed E-state index contributed by atoms with van der Waals surface area (Å²) in [6.07, 6.45) is 0. The van der Waals surface area contributed by atoms with Crippen molar-refractivity contribution >= 4 is 17.3 Å². The highest BCUT2D eigenvalue weighted by atomic mass is 19.1. The minimum absolute atomic E-state index is 0.191. The largest absolute Gasteiger partial charge is 0.334 e. The van der Waals surface area contributed by atoms with E-state index in [4.69, 9.17) is 4.52 Å². The molecule has 0 bridgehead atoms. The third kappa shape index (κ3) is 4.19. The van der Waals surface area contributed by atoms with Crippen molar-refractivity contribution in [3.8, 4) is 11.4 Å². The van der Waals surface area contributed by atoms with Crippen LogP contribution in [0.2, 0.25) is 0 Å². The van der Waals surface area contributed by atoms with Crippen LogP contribution >= 0.6 is 0 Å². The van der Waals surface area contributed by atoms with Gasteiger partial charge >= 0.3 is 6.03 Å². The SMILES string of the molecule is CC1=C(c2nc(-c3cccc(F)c3)no2)C(c2ccc(C)cc2)NC(=O)N1c1ccc(F)c(C)c1. The van der Waals surface area contributed by atoms with Crippen LogP contribution in [0.5, 0.6) is 0 Å². The number of anilines is 1. The second-order valence-electron chi connectivity index (χ2n) is 8.49. The number of aromatic nitrogens is 2. The van der Waals surface area contributed by atoms with Crippen LogP contribution in [0.1, 0.15) is 35.5 Å². The van der Waals surface area contributed by atoms with Crippen LogP contribution < -0.4 is 10.2 Å². The fraction of sp³-hybridized carbons (Fsp3) is 0.148. The van der Waals surface area contributed by atoms with E-state index in [9.17, 15) is 13.6 Å². The van der Waals surface area contributed by atoms with Gasteiger partial charge in [0.1, 0.15) is 11.6 Å². The molecule has 1 unspecified atom stereocenters. The molecule has 0 saturated heterocycles. The van der Waals surface area contributed by atoms with E-state index in [-0.39, 0.29) is 23.6 Å². The van der Waals surface area contributed by atoms with E-state index in [1.165, 1.54) is 23.1 Å². The molecule has 0 spiro atoms. The molecule has 1 N–H and O–H groups in total. The fourth-order valence-corrected chi connectivity index (χ4v) is 4.19. The Hall–Kier alpha value is -4.33. The summed E-state index contributed by atoms with van der Waals surface area (Å²) in [4.78, 5) is 19.3. The molecule has 2 amide bonds. The second-order valence-corrected chi connectivity index (χ2v) is 8.49. The van der Waals surface area contributed by atoms with Gasteiger partial charge < -0.3 is 9.84 Å². The molecular formula is C27H22F2N4O2. The van der Waals surface area contributed by atoms with E-state index in [0.717, 1.165) is 11.1 Å². The first-order chi connectivity index (χ1) is 16.8. The summed E-state index contributed by atoms with van der Waals surface area (Å²) in [5.41, 5.74) is 4.44. The van der Waals surface area contributed by atoms with Crippen molar-refractivity contribution in [3.05, 3.63) is 107 Å². The Kier molecular flexibility index (Phi) is 5.64. The summed E-state index contributed by atoms with van der Waals surface area (Å²) in [7, 11) is 0. The molecule has 2 heterocycles. The molecule has 0 fully saturated rings. The zero-order chi connectivity index (χ0) is 24.7. The lowest BCUT2D eigenvalue weighted by molar-refractivity contribution is 0.244. The minimum atomic E-state index is -0.568. The highest BCUT2D eigenvalue weighted by Gasteiger charge is 2.36. The number of benzene rings is 3. The Morgan fingerprint density at radius 2 is 1.74 bits per heavy atom. The molecule has 6 nitrogen and oxygen atoms in total. The van der Waals surface area contributed by atoms with Crippen LogP contribution in [0.15, 0.2) is 77.0 Å². The third-order valence-electron chi connectivity index (χ3n) is 6.03. The van der Waals surface area contributed by atoms with Crippen molar-refractivity contribution < 1.29 is 18.1 Å². The predicted molar refractivity (Wildman–Crippen MR) is 128 cm³/mol. The molecule has 0 radical (unpaired) electrons. The van der Waals surface area contributed by atoms with Crippen molar-refractivity contribution in [1.29, 1.82) is 0 Å². The van der Waals surface area contributed by atoms with Gasteiger partial charge in [-0.2, -0.15) is 4.98 Å². The Balaban J connectivity index is 1.66. The summed E-state index contributed by atoms with van der Waals surface area (Å²) < 4.78 is 33.3. The van der Waals surface area contributed by atoms with Gasteiger partial charge in [-0.3, -0.25) is 4.90 Å². The molecular weight excluding hydrogens is 450 g/mol. The Labute approximate surface area is 200 Å². The Bertz CT molecular complexity index is 1460. The molecule has 4 aromatic rings. The third-order valence-corrected chi connectivity index (χ3v) is 6.03. The molecule has 35 heavy (non-hydrogen) atoms. The number of aryl methyl sites for hydroxylation is 2. The number of rotatable bonds is 4. The summed E-state index contributed by atoms with van der Waals surface area (Å²) in [6.45, 7) is 5.39. The van der Waals surface area contributed by atoms with Gasteiger partial charge in [0.15, 0.2) is 0 Å². The highest BCUT2D eigenvalue weighted by Crippen LogP contribution is 2.39. The quantitative estimate of drug-likeness (QED) is 0.377. The highest BCUT2D eigenvalue weighted by molar-refractivity contribution is 6.01. The van der Waals surface area contributed by atoms with E-state index in [1.807, 2.05) is 31.2 Å². The van der Waals surface area contributed by atoms with Gasteiger partial charge in [0, 0.05) is 11.3 Å². The summed E-state index contributed by atoms with van der Waals surface area (Å²) in [5, 5.41) is 7.07. The number of nitrogens with zero attached hydrogens (tertiary/aromatic N) is 3. The lowest BCUT2D eigenvalue weighted by atomic mass is 9.94. The van der Waals surface area contributed by atoms with Crippen LogP contribution in [0, 0.1) is 25.5 Å². The first-order valence-corrected chi connectivity index (χ1v) is 11.1. The number of carbonyl (C=O) groups is 1. The minimum Gasteiger partial charge on any atom is -0.334 e. The molecule has 176 valence electrons. The average Bonchev–Trinajstić information content (AvgIpc) is 3.31. The molecule has 1 atom stereocenters. The molecule has 5 rings (SSSR count). The van der Waals surface area contributed by atoms with Gasteiger partial charge in [-0.15, -0.1) is 0 Å². The zero-order valence-corrected chi connectivity index (χ0v) is 19.3. The molecule has 0 aliphatic carbocycles. The normalized spacial score (nSPS) is 16.0. The average molecular weight is 472 g/mol. The van der Waals surface area contributed by atoms with Crippen LogP contribution in [0.3, 0.4) is 0 Å². The number of hydrogen-bond donors (Lipinski definition) is 1. The number of carbonyl (C=O) groups excluding carboxylic acids is 1. The molecule has 1 aliphatic rings. The second kappa shape index (κ2) is 8.79. The van der Waals surface area contributed by atoms with Gasteiger partial charge in [0.2, 0.25) is 5.82 Å². The summed E-state index contributed by atoms with van der Waals surface area (Å²) in [6, 6.07) is 17.2. The van der Waals surface area contributed by atoms with E-state index in [1.54, 1.807) is 38.1 Å². The van der Waals surface area contributed by atoms with E-state index >= 15 is 0 Å². The van der Waals surface area contributed by atoms with E-state index in [0.29, 0.717) is 28.1 Å². The van der Waals surface area contributed by atoms with Crippen LogP contribution in [0.4, 0.5) is 19.3 Å². The molecule has 8 heteroatoms. The molecule has 0 saturated carbocycles. The van der Waals surface area contributed by atoms with Crippen molar-refractivity contribution in [2.24, 2.45) is 0 Å². The topological polar surface area (TPSA) is 71.3 Å². The first-order valence-electron chi connectivity index (χ1n) is 11.1. The van der Waals surface area contributed by atoms with Crippen molar-refractivity contribution in [2.45, 2.75) is 26.8 Å². The van der Waals surface area contributed by atoms with E-state index in [2.05, 4.69) is 15.5 Å². The zero-order valence-electron chi connectivity index (χ0n) is 19.3. The number of urea groups is 1. The summed E-state index contributed by atoms with van der Waals surface area (Å²) >= 11 is 0. The Morgan fingerprint density at radius 1 is 0.971 bits per heavy atom. The van der Waals surface area contributed by atoms with Crippen LogP contribution in [0.25, 0.3) is 17.0 Å². The Morgan fingerprint density at radius 3 is 2.46 bits per heavy atom. The number of allylic oxidation sites excluding steroid dienone is 1. The van der Waals surface area contributed by atoms with Crippen molar-refractivity contribution in [1.82, 2.24) is 15.5 Å². The lowest BCUT2D eigenvalue weighted by Crippen LogP contribution is -2.46. The van der Waals surface area contributed by atoms with Gasteiger partial charge in [-0.05, 0) is 62.2 Å². The van der Waals surface area contributed by atoms with Gasteiger partial charge in [-0.25, -0.2) is 13.6 Å². The van der Waals surface area contributed by atoms with Crippen LogP contribution in [-0.2, 0) is 0 Å². The van der Waals surface area contributed by atoms with Gasteiger partial charge in [0.05, 0.1) is 17.3 Å². The van der Waals surface area contributed by atoms with E-state index < -0.39 is 11.9 Å². The molecule has 3 aromatic carbocycles. The standard InChI is InChI=1S/C27H22F2N4O2/c1-15-7-9-18(10-8-15)24-23(26-31-25(32-35-26)19-5-4-6-20(28)14-19)17(3)33(27(34)30-24)21-11-12-22(29)16(2)13-21/h4-14,24H,1-3H3,(H,30,34). The monoisotopic (exact) mass is 472 g/mol. The number of halogens is 2. The lowest BCUT2D eigenvalue weighted by Gasteiger charge is -2.35. The maximum absolute atomic E-state index is 13.9. The maximum Gasteiger partial charge on any atom is 0.326 e. The van der Waals surface area contributed by atoms with Crippen molar-refractivity contribution in [3.63, 3.8) is 0 Å². The first kappa shape index (κ1) is 22.5. The number of hydrogen-bond acceptors (Lipinski definition) is 4. The molecule has 1 aliphatic heterocycles. The number of amides is 2. The van der Waals surface area contributed by atoms with Gasteiger partial charge in [0.25, 0.3) is 5.89 Å². The smallest absolute Gasteiger partial charge is 0.326 e. The maximum atomic E-state index is 13.9. The number of nitrogens with one attached hydrogen (secondary N) is 1. The van der Waals surface area contributed by atoms with Crippen molar-refractivity contribution in [2.75, 3.05) is 4.90 Å². The predicted octanol–water partition coefficient (Wildman–Crippen LogP) is 6.33. The fourth-order valence-electron chi connectivity index (χ4n) is 4.19.